The molecule has 1 N–H and O–H groups in total. The zero-order valence-electron chi connectivity index (χ0n) is 14.1. The highest BCUT2D eigenvalue weighted by Crippen LogP contribution is 2.28. The summed E-state index contributed by atoms with van der Waals surface area (Å²) in [5.41, 5.74) is 2.30. The van der Waals surface area contributed by atoms with Gasteiger partial charge in [-0.2, -0.15) is 0 Å². The van der Waals surface area contributed by atoms with E-state index in [2.05, 4.69) is 29.7 Å². The van der Waals surface area contributed by atoms with Gasteiger partial charge >= 0.3 is 0 Å². The van der Waals surface area contributed by atoms with Crippen molar-refractivity contribution in [3.8, 4) is 5.75 Å². The zero-order chi connectivity index (χ0) is 15.5. The summed E-state index contributed by atoms with van der Waals surface area (Å²) in [5.74, 6) is 1.29. The van der Waals surface area contributed by atoms with E-state index in [1.165, 1.54) is 44.3 Å². The first-order chi connectivity index (χ1) is 10.6. The van der Waals surface area contributed by atoms with Gasteiger partial charge in [-0.3, -0.25) is 4.90 Å². The summed E-state index contributed by atoms with van der Waals surface area (Å²) in [4.78, 5) is 5.19. The summed E-state index contributed by atoms with van der Waals surface area (Å²) in [6.07, 6.45) is 5.36. The third-order valence-electron chi connectivity index (χ3n) is 5.66. The average Bonchev–Trinajstić information content (AvgIpc) is 3.05. The summed E-state index contributed by atoms with van der Waals surface area (Å²) in [6.45, 7) is 10.3. The Morgan fingerprint density at radius 2 is 1.82 bits per heavy atom. The Morgan fingerprint density at radius 3 is 2.50 bits per heavy atom. The second-order valence-corrected chi connectivity index (χ2v) is 7.23. The summed E-state index contributed by atoms with van der Waals surface area (Å²) in [6, 6.07) is 6.67. The van der Waals surface area contributed by atoms with E-state index in [-0.39, 0.29) is 0 Å². The molecule has 0 amide bonds. The third kappa shape index (κ3) is 3.64. The van der Waals surface area contributed by atoms with Crippen LogP contribution in [0.25, 0.3) is 0 Å². The molecule has 1 atom stereocenters. The van der Waals surface area contributed by atoms with Crippen LogP contribution < -0.4 is 0 Å². The lowest BCUT2D eigenvalue weighted by atomic mass is 9.89. The lowest BCUT2D eigenvalue weighted by Gasteiger charge is -2.38. The highest BCUT2D eigenvalue weighted by molar-refractivity contribution is 5.35. The van der Waals surface area contributed by atoms with Crippen LogP contribution in [0.3, 0.4) is 0 Å². The Morgan fingerprint density at radius 1 is 1.14 bits per heavy atom. The van der Waals surface area contributed by atoms with E-state index in [9.17, 15) is 5.11 Å². The molecule has 2 aliphatic rings. The van der Waals surface area contributed by atoms with Gasteiger partial charge in [-0.1, -0.05) is 17.7 Å². The molecule has 1 aromatic rings. The Balaban J connectivity index is 1.52. The molecule has 0 aliphatic carbocycles. The van der Waals surface area contributed by atoms with Crippen molar-refractivity contribution in [2.24, 2.45) is 5.92 Å². The van der Waals surface area contributed by atoms with Gasteiger partial charge in [0.1, 0.15) is 5.75 Å². The van der Waals surface area contributed by atoms with Crippen molar-refractivity contribution in [3.63, 3.8) is 0 Å². The van der Waals surface area contributed by atoms with Crippen LogP contribution in [0.15, 0.2) is 18.2 Å². The van der Waals surface area contributed by atoms with Gasteiger partial charge in [0.25, 0.3) is 0 Å². The van der Waals surface area contributed by atoms with E-state index in [1.54, 1.807) is 0 Å². The molecule has 2 heterocycles. The van der Waals surface area contributed by atoms with Crippen LogP contribution in [0.1, 0.15) is 43.7 Å². The zero-order valence-corrected chi connectivity index (χ0v) is 14.1. The number of aryl methyl sites for hydroxylation is 1. The predicted molar refractivity (Wildman–Crippen MR) is 91.1 cm³/mol. The summed E-state index contributed by atoms with van der Waals surface area (Å²) in [7, 11) is 0. The Bertz CT molecular complexity index is 488. The van der Waals surface area contributed by atoms with Gasteiger partial charge < -0.3 is 10.0 Å². The van der Waals surface area contributed by atoms with Crippen molar-refractivity contribution in [1.82, 2.24) is 9.80 Å². The molecule has 0 spiro atoms. The smallest absolute Gasteiger partial charge is 0.120 e. The van der Waals surface area contributed by atoms with Gasteiger partial charge in [0, 0.05) is 18.2 Å². The largest absolute Gasteiger partial charge is 0.508 e. The molecular weight excluding hydrogens is 272 g/mol. The molecule has 2 fully saturated rings. The van der Waals surface area contributed by atoms with Gasteiger partial charge in [-0.05, 0) is 77.7 Å². The Hall–Kier alpha value is -1.06. The van der Waals surface area contributed by atoms with Crippen LogP contribution in [0, 0.1) is 12.8 Å². The molecule has 3 rings (SSSR count). The van der Waals surface area contributed by atoms with Crippen molar-refractivity contribution in [2.75, 3.05) is 26.2 Å². The molecule has 0 radical (unpaired) electrons. The quantitative estimate of drug-likeness (QED) is 0.923. The first kappa shape index (κ1) is 15.8. The molecule has 0 unspecified atom stereocenters. The van der Waals surface area contributed by atoms with Gasteiger partial charge in [0.15, 0.2) is 0 Å². The van der Waals surface area contributed by atoms with Gasteiger partial charge in [0.05, 0.1) is 0 Å². The Kier molecular flexibility index (Phi) is 5.04. The van der Waals surface area contributed by atoms with Crippen molar-refractivity contribution < 1.29 is 5.11 Å². The second kappa shape index (κ2) is 7.01. The number of benzene rings is 1. The fourth-order valence-corrected chi connectivity index (χ4v) is 4.12. The van der Waals surface area contributed by atoms with Crippen LogP contribution >= 0.6 is 0 Å². The van der Waals surface area contributed by atoms with Crippen LogP contribution in [-0.4, -0.2) is 47.1 Å². The molecule has 3 heteroatoms. The summed E-state index contributed by atoms with van der Waals surface area (Å²) in [5, 5.41) is 10.0. The lowest BCUT2D eigenvalue weighted by molar-refractivity contribution is 0.107. The molecule has 0 bridgehead atoms. The first-order valence-corrected chi connectivity index (χ1v) is 8.88. The molecule has 3 nitrogen and oxygen atoms in total. The number of phenolic OH excluding ortho intramolecular Hbond substituents is 1. The van der Waals surface area contributed by atoms with Crippen molar-refractivity contribution >= 4 is 0 Å². The maximum Gasteiger partial charge on any atom is 0.120 e. The number of nitrogens with zero attached hydrogens (tertiary/aromatic N) is 2. The molecule has 122 valence electrons. The number of phenols is 1. The van der Waals surface area contributed by atoms with Crippen LogP contribution in [0.5, 0.6) is 5.75 Å². The van der Waals surface area contributed by atoms with Crippen LogP contribution in [-0.2, 0) is 6.54 Å². The normalized spacial score (nSPS) is 23.0. The number of hydrogen-bond donors (Lipinski definition) is 1. The molecule has 2 saturated heterocycles. The maximum absolute atomic E-state index is 10.0. The SMILES string of the molecule is Cc1ccc(O)c(CN2CCC([C@@H](C)N3CCCC3)CC2)c1. The highest BCUT2D eigenvalue weighted by atomic mass is 16.3. The van der Waals surface area contributed by atoms with E-state index < -0.39 is 0 Å². The van der Waals surface area contributed by atoms with Crippen LogP contribution in [0.4, 0.5) is 0 Å². The van der Waals surface area contributed by atoms with Crippen molar-refractivity contribution in [2.45, 2.75) is 52.1 Å². The van der Waals surface area contributed by atoms with Gasteiger partial charge in [-0.15, -0.1) is 0 Å². The van der Waals surface area contributed by atoms with Gasteiger partial charge in [-0.25, -0.2) is 0 Å². The molecule has 0 saturated carbocycles. The maximum atomic E-state index is 10.0. The lowest BCUT2D eigenvalue weighted by Crippen LogP contribution is -2.42. The Labute approximate surface area is 134 Å². The monoisotopic (exact) mass is 302 g/mol. The summed E-state index contributed by atoms with van der Waals surface area (Å²) < 4.78 is 0. The minimum absolute atomic E-state index is 0.443. The van der Waals surface area contributed by atoms with E-state index in [4.69, 9.17) is 0 Å². The molecular formula is C19H30N2O. The van der Waals surface area contributed by atoms with E-state index in [0.29, 0.717) is 5.75 Å². The fraction of sp³-hybridized carbons (Fsp3) is 0.684. The summed E-state index contributed by atoms with van der Waals surface area (Å²) >= 11 is 0. The molecule has 1 aromatic carbocycles. The third-order valence-corrected chi connectivity index (χ3v) is 5.66. The number of hydrogen-bond acceptors (Lipinski definition) is 3. The average molecular weight is 302 g/mol. The highest BCUT2D eigenvalue weighted by Gasteiger charge is 2.29. The number of rotatable bonds is 4. The number of aromatic hydroxyl groups is 1. The number of piperidine rings is 1. The van der Waals surface area contributed by atoms with Crippen molar-refractivity contribution in [3.05, 3.63) is 29.3 Å². The predicted octanol–water partition coefficient (Wildman–Crippen LogP) is 3.40. The minimum Gasteiger partial charge on any atom is -0.508 e. The topological polar surface area (TPSA) is 26.7 Å². The molecule has 22 heavy (non-hydrogen) atoms. The minimum atomic E-state index is 0.443. The fourth-order valence-electron chi connectivity index (χ4n) is 4.12. The van der Waals surface area contributed by atoms with E-state index >= 15 is 0 Å². The second-order valence-electron chi connectivity index (χ2n) is 7.23. The van der Waals surface area contributed by atoms with Crippen molar-refractivity contribution in [1.29, 1.82) is 0 Å². The van der Waals surface area contributed by atoms with Crippen LogP contribution in [0.2, 0.25) is 0 Å². The first-order valence-electron chi connectivity index (χ1n) is 8.88. The standard InChI is InChI=1S/C19H30N2O/c1-15-5-6-19(22)18(13-15)14-20-11-7-17(8-12-20)16(2)21-9-3-4-10-21/h5-6,13,16-17,22H,3-4,7-12,14H2,1-2H3/t16-/m1/s1. The molecule has 2 aliphatic heterocycles. The molecule has 0 aromatic heterocycles. The van der Waals surface area contributed by atoms with E-state index in [0.717, 1.165) is 37.2 Å². The number of likely N-dealkylation sites (tertiary alicyclic amines) is 2. The van der Waals surface area contributed by atoms with Gasteiger partial charge in [0.2, 0.25) is 0 Å². The van der Waals surface area contributed by atoms with E-state index in [1.807, 2.05) is 12.1 Å².